The summed E-state index contributed by atoms with van der Waals surface area (Å²) in [5.74, 6) is -0.197. The first-order valence-corrected chi connectivity index (χ1v) is 13.2. The number of nitrogens with two attached hydrogens (primary N) is 1. The van der Waals surface area contributed by atoms with Crippen LogP contribution in [0.4, 0.5) is 17.1 Å². The lowest BCUT2D eigenvalue weighted by atomic mass is 10.1. The maximum atomic E-state index is 13.4. The highest BCUT2D eigenvalue weighted by Crippen LogP contribution is 2.28. The van der Waals surface area contributed by atoms with Crippen molar-refractivity contribution in [3.63, 3.8) is 0 Å². The molecular weight excluding hydrogens is 490 g/mol. The summed E-state index contributed by atoms with van der Waals surface area (Å²) in [6.45, 7) is 15.1. The molecule has 3 aromatic rings. The fraction of sp³-hybridized carbons (Fsp3) is 0.310. The molecule has 0 radical (unpaired) electrons. The van der Waals surface area contributed by atoms with Crippen molar-refractivity contribution >= 4 is 34.4 Å². The van der Waals surface area contributed by atoms with Crippen LogP contribution in [0.15, 0.2) is 55.4 Å². The predicted octanol–water partition coefficient (Wildman–Crippen LogP) is 3.19. The Morgan fingerprint density at radius 2 is 1.87 bits per heavy atom. The van der Waals surface area contributed by atoms with Crippen LogP contribution < -0.4 is 31.9 Å². The number of carbonyl (C=O) groups excluding carboxylic acids is 1. The van der Waals surface area contributed by atoms with E-state index in [0.29, 0.717) is 16.9 Å². The maximum Gasteiger partial charge on any atom is 0.255 e. The molecule has 0 bridgehead atoms. The Balaban J connectivity index is 1.37. The zero-order chi connectivity index (χ0) is 27.7. The second kappa shape index (κ2) is 10.8. The summed E-state index contributed by atoms with van der Waals surface area (Å²) in [6, 6.07) is 11.6. The van der Waals surface area contributed by atoms with Crippen molar-refractivity contribution in [2.75, 3.05) is 47.9 Å². The summed E-state index contributed by atoms with van der Waals surface area (Å²) in [4.78, 5) is 18.2. The minimum atomic E-state index is -0.197. The standard InChI is InChI=1S/C29H37N9O/c1-6-36-9-11-37(12-10-36)25-14-23(20(3)30)13-24(16-25)32-29(39)22-8-7-19(2)28(15-22)38-18-27(33-34-38)26-17-31-35(5)21(26)4/h7-8,13-18,33-34H,3,6,9-12,30H2,1-2,4-5H3,(H,32,39). The number of hydrogen-bond acceptors (Lipinski definition) is 8. The van der Waals surface area contributed by atoms with Gasteiger partial charge < -0.3 is 26.3 Å². The van der Waals surface area contributed by atoms with Crippen molar-refractivity contribution in [3.8, 4) is 0 Å². The fourth-order valence-corrected chi connectivity index (χ4v) is 4.93. The molecule has 2 aromatic carbocycles. The summed E-state index contributed by atoms with van der Waals surface area (Å²) in [7, 11) is 1.92. The number of benzene rings is 2. The van der Waals surface area contributed by atoms with Crippen LogP contribution in [0.1, 0.15) is 39.7 Å². The van der Waals surface area contributed by atoms with Crippen LogP contribution in [0.5, 0.6) is 0 Å². The molecule has 2 aliphatic rings. The van der Waals surface area contributed by atoms with Crippen molar-refractivity contribution in [2.45, 2.75) is 20.8 Å². The van der Waals surface area contributed by atoms with Gasteiger partial charge in [0.1, 0.15) is 0 Å². The van der Waals surface area contributed by atoms with Gasteiger partial charge in [-0.1, -0.05) is 19.6 Å². The Kier molecular flexibility index (Phi) is 7.32. The van der Waals surface area contributed by atoms with E-state index < -0.39 is 0 Å². The number of amides is 1. The average molecular weight is 528 g/mol. The summed E-state index contributed by atoms with van der Waals surface area (Å²) in [5.41, 5.74) is 20.9. The molecule has 0 atom stereocenters. The quantitative estimate of drug-likeness (QED) is 0.371. The van der Waals surface area contributed by atoms with E-state index in [1.807, 2.05) is 79.4 Å². The Morgan fingerprint density at radius 1 is 1.10 bits per heavy atom. The lowest BCUT2D eigenvalue weighted by molar-refractivity contribution is 0.102. The predicted molar refractivity (Wildman–Crippen MR) is 158 cm³/mol. The molecule has 2 aliphatic heterocycles. The monoisotopic (exact) mass is 527 g/mol. The van der Waals surface area contributed by atoms with Crippen LogP contribution in [-0.2, 0) is 7.05 Å². The largest absolute Gasteiger partial charge is 0.399 e. The second-order valence-corrected chi connectivity index (χ2v) is 10.1. The first kappa shape index (κ1) is 26.3. The Bertz CT molecular complexity index is 1430. The van der Waals surface area contributed by atoms with Gasteiger partial charge in [0.2, 0.25) is 0 Å². The van der Waals surface area contributed by atoms with Crippen molar-refractivity contribution in [1.82, 2.24) is 25.6 Å². The average Bonchev–Trinajstić information content (AvgIpc) is 3.55. The van der Waals surface area contributed by atoms with Crippen LogP contribution in [0.2, 0.25) is 0 Å². The molecule has 39 heavy (non-hydrogen) atoms. The van der Waals surface area contributed by atoms with E-state index in [4.69, 9.17) is 5.73 Å². The highest BCUT2D eigenvalue weighted by molar-refractivity contribution is 6.05. The van der Waals surface area contributed by atoms with Gasteiger partial charge in [-0.05, 0) is 56.3 Å². The highest BCUT2D eigenvalue weighted by Gasteiger charge is 2.21. The normalized spacial score (nSPS) is 15.7. The molecule has 0 unspecified atom stereocenters. The number of hydrazine groups is 2. The number of likely N-dealkylation sites (N-methyl/N-ethyl adjacent to an activating group) is 1. The molecular formula is C29H37N9O. The summed E-state index contributed by atoms with van der Waals surface area (Å²) < 4.78 is 1.84. The van der Waals surface area contributed by atoms with Crippen LogP contribution in [0.3, 0.4) is 0 Å². The number of hydrogen-bond donors (Lipinski definition) is 4. The minimum Gasteiger partial charge on any atom is -0.399 e. The lowest BCUT2D eigenvalue weighted by Gasteiger charge is -2.36. The highest BCUT2D eigenvalue weighted by atomic mass is 16.1. The van der Waals surface area contributed by atoms with Gasteiger partial charge >= 0.3 is 0 Å². The number of carbonyl (C=O) groups is 1. The van der Waals surface area contributed by atoms with Gasteiger partial charge in [0, 0.05) is 78.9 Å². The molecule has 0 spiro atoms. The van der Waals surface area contributed by atoms with Gasteiger partial charge in [-0.3, -0.25) is 14.5 Å². The van der Waals surface area contributed by atoms with Crippen LogP contribution >= 0.6 is 0 Å². The molecule has 0 saturated carbocycles. The van der Waals surface area contributed by atoms with E-state index >= 15 is 0 Å². The third-order valence-corrected chi connectivity index (χ3v) is 7.56. The molecule has 0 aliphatic carbocycles. The van der Waals surface area contributed by atoms with Crippen molar-refractivity contribution in [2.24, 2.45) is 12.8 Å². The SMILES string of the molecule is C=C(N)c1cc(NC(=O)c2ccc(C)c(N3C=C(c4cnn(C)c4C)NN3)c2)cc(N2CCN(CC)CC2)c1. The molecule has 1 saturated heterocycles. The number of aromatic nitrogens is 2. The van der Waals surface area contributed by atoms with Crippen molar-refractivity contribution in [1.29, 1.82) is 0 Å². The van der Waals surface area contributed by atoms with E-state index in [0.717, 1.165) is 72.2 Å². The van der Waals surface area contributed by atoms with Crippen LogP contribution in [0, 0.1) is 13.8 Å². The van der Waals surface area contributed by atoms with Crippen molar-refractivity contribution in [3.05, 3.63) is 83.3 Å². The Labute approximate surface area is 229 Å². The molecule has 1 amide bonds. The van der Waals surface area contributed by atoms with E-state index in [9.17, 15) is 4.79 Å². The van der Waals surface area contributed by atoms with E-state index in [2.05, 4.69) is 44.7 Å². The zero-order valence-corrected chi connectivity index (χ0v) is 23.1. The molecule has 204 valence electrons. The van der Waals surface area contributed by atoms with Crippen molar-refractivity contribution < 1.29 is 4.79 Å². The molecule has 5 rings (SSSR count). The third kappa shape index (κ3) is 5.47. The number of piperazine rings is 1. The molecule has 5 N–H and O–H groups in total. The van der Waals surface area contributed by atoms with E-state index in [1.165, 1.54) is 0 Å². The molecule has 10 nitrogen and oxygen atoms in total. The topological polar surface area (TPSA) is 107 Å². The van der Waals surface area contributed by atoms with Crippen LogP contribution in [0.25, 0.3) is 11.4 Å². The molecule has 3 heterocycles. The zero-order valence-electron chi connectivity index (χ0n) is 23.1. The van der Waals surface area contributed by atoms with E-state index in [-0.39, 0.29) is 5.91 Å². The van der Waals surface area contributed by atoms with Gasteiger partial charge in [-0.15, -0.1) is 5.53 Å². The summed E-state index contributed by atoms with van der Waals surface area (Å²) in [6.07, 6.45) is 3.80. The van der Waals surface area contributed by atoms with Gasteiger partial charge in [0.15, 0.2) is 0 Å². The van der Waals surface area contributed by atoms with Gasteiger partial charge in [-0.2, -0.15) is 5.10 Å². The number of anilines is 3. The third-order valence-electron chi connectivity index (χ3n) is 7.56. The number of aryl methyl sites for hydroxylation is 2. The van der Waals surface area contributed by atoms with Gasteiger partial charge in [-0.25, -0.2) is 0 Å². The second-order valence-electron chi connectivity index (χ2n) is 10.1. The summed E-state index contributed by atoms with van der Waals surface area (Å²) in [5, 5.41) is 9.29. The maximum absolute atomic E-state index is 13.4. The minimum absolute atomic E-state index is 0.197. The number of nitrogens with one attached hydrogen (secondary N) is 3. The fourth-order valence-electron chi connectivity index (χ4n) is 4.93. The first-order chi connectivity index (χ1) is 18.7. The first-order valence-electron chi connectivity index (χ1n) is 13.2. The summed E-state index contributed by atoms with van der Waals surface area (Å²) >= 11 is 0. The van der Waals surface area contributed by atoms with Gasteiger partial charge in [0.25, 0.3) is 5.91 Å². The molecule has 10 heteroatoms. The lowest BCUT2D eigenvalue weighted by Crippen LogP contribution is -2.46. The van der Waals surface area contributed by atoms with Crippen LogP contribution in [-0.4, -0.2) is 53.3 Å². The number of nitrogens with zero attached hydrogens (tertiary/aromatic N) is 5. The van der Waals surface area contributed by atoms with Gasteiger partial charge in [0.05, 0.1) is 17.6 Å². The molecule has 1 aromatic heterocycles. The smallest absolute Gasteiger partial charge is 0.255 e. The Morgan fingerprint density at radius 3 is 2.54 bits per heavy atom. The Hall–Kier alpha value is -4.28. The molecule has 1 fully saturated rings. The van der Waals surface area contributed by atoms with E-state index in [1.54, 1.807) is 0 Å². The number of rotatable bonds is 7.